The van der Waals surface area contributed by atoms with E-state index in [-0.39, 0.29) is 0 Å². The Morgan fingerprint density at radius 3 is 2.80 bits per heavy atom. The lowest BCUT2D eigenvalue weighted by atomic mass is 9.80. The Morgan fingerprint density at radius 2 is 2.07 bits per heavy atom. The lowest BCUT2D eigenvalue weighted by Gasteiger charge is -2.22. The molecule has 1 aliphatic heterocycles. The minimum absolute atomic E-state index is 0.349. The Kier molecular flexibility index (Phi) is 1.76. The average molecular weight is 198 g/mol. The highest BCUT2D eigenvalue weighted by atomic mass is 14.9. The average Bonchev–Trinajstić information content (AvgIpc) is 2.89. The number of nitriles is 1. The lowest BCUT2D eigenvalue weighted by Crippen LogP contribution is -2.24. The third-order valence-corrected chi connectivity index (χ3v) is 3.90. The Hall–Kier alpha value is -1.49. The Bertz CT molecular complexity index is 436. The number of rotatable bonds is 0. The van der Waals surface area contributed by atoms with Crippen LogP contribution in [0.2, 0.25) is 0 Å². The monoisotopic (exact) mass is 198 g/mol. The van der Waals surface area contributed by atoms with E-state index in [0.29, 0.717) is 5.41 Å². The van der Waals surface area contributed by atoms with E-state index < -0.39 is 0 Å². The number of anilines is 1. The predicted octanol–water partition coefficient (Wildman–Crippen LogP) is 2.80. The van der Waals surface area contributed by atoms with Crippen LogP contribution in [0.15, 0.2) is 18.2 Å². The van der Waals surface area contributed by atoms with Crippen LogP contribution in [0.3, 0.4) is 0 Å². The molecule has 1 aliphatic carbocycles. The molecule has 1 N–H and O–H groups in total. The first-order chi connectivity index (χ1) is 7.34. The van der Waals surface area contributed by atoms with E-state index in [1.165, 1.54) is 36.9 Å². The summed E-state index contributed by atoms with van der Waals surface area (Å²) in [6.07, 6.45) is 5.22. The fourth-order valence-electron chi connectivity index (χ4n) is 3.06. The van der Waals surface area contributed by atoms with Crippen LogP contribution in [0, 0.1) is 11.3 Å². The molecule has 76 valence electrons. The number of hydrogen-bond acceptors (Lipinski definition) is 2. The van der Waals surface area contributed by atoms with Crippen LogP contribution in [0.1, 0.15) is 36.8 Å². The molecule has 1 fully saturated rings. The number of hydrogen-bond donors (Lipinski definition) is 1. The van der Waals surface area contributed by atoms with Crippen molar-refractivity contribution in [2.75, 3.05) is 11.9 Å². The zero-order chi connectivity index (χ0) is 10.3. The van der Waals surface area contributed by atoms with Crippen molar-refractivity contribution in [2.45, 2.75) is 31.1 Å². The van der Waals surface area contributed by atoms with Gasteiger partial charge in [0, 0.05) is 17.6 Å². The summed E-state index contributed by atoms with van der Waals surface area (Å²) in [6.45, 7) is 1.07. The lowest BCUT2D eigenvalue weighted by molar-refractivity contribution is 0.489. The van der Waals surface area contributed by atoms with Gasteiger partial charge in [0.25, 0.3) is 0 Å². The van der Waals surface area contributed by atoms with Gasteiger partial charge in [0.1, 0.15) is 0 Å². The van der Waals surface area contributed by atoms with Crippen molar-refractivity contribution in [2.24, 2.45) is 0 Å². The first-order valence-corrected chi connectivity index (χ1v) is 5.63. The number of benzene rings is 1. The second-order valence-corrected chi connectivity index (χ2v) is 4.71. The second kappa shape index (κ2) is 3.00. The van der Waals surface area contributed by atoms with Gasteiger partial charge >= 0.3 is 0 Å². The molecular formula is C13H14N2. The van der Waals surface area contributed by atoms with Crippen molar-refractivity contribution >= 4 is 5.69 Å². The first-order valence-electron chi connectivity index (χ1n) is 5.63. The van der Waals surface area contributed by atoms with E-state index in [2.05, 4.69) is 23.5 Å². The smallest absolute Gasteiger partial charge is 0.0991 e. The molecule has 1 heterocycles. The minimum Gasteiger partial charge on any atom is -0.384 e. The Morgan fingerprint density at radius 1 is 1.27 bits per heavy atom. The van der Waals surface area contributed by atoms with Gasteiger partial charge in [-0.05, 0) is 36.6 Å². The van der Waals surface area contributed by atoms with Gasteiger partial charge in [0.05, 0.1) is 11.6 Å². The van der Waals surface area contributed by atoms with E-state index >= 15 is 0 Å². The van der Waals surface area contributed by atoms with Crippen LogP contribution in [0.5, 0.6) is 0 Å². The van der Waals surface area contributed by atoms with Crippen molar-refractivity contribution in [3.63, 3.8) is 0 Å². The van der Waals surface area contributed by atoms with E-state index in [1.54, 1.807) is 0 Å². The quantitative estimate of drug-likeness (QED) is 0.695. The highest BCUT2D eigenvalue weighted by Crippen LogP contribution is 2.47. The number of fused-ring (bicyclic) bond motifs is 2. The second-order valence-electron chi connectivity index (χ2n) is 4.71. The Labute approximate surface area is 89.9 Å². The number of nitrogens with zero attached hydrogens (tertiary/aromatic N) is 1. The van der Waals surface area contributed by atoms with Crippen LogP contribution in [0.25, 0.3) is 0 Å². The minimum atomic E-state index is 0.349. The maximum atomic E-state index is 8.93. The molecule has 3 rings (SSSR count). The molecular weight excluding hydrogens is 184 g/mol. The third kappa shape index (κ3) is 1.16. The molecule has 2 nitrogen and oxygen atoms in total. The van der Waals surface area contributed by atoms with Gasteiger partial charge in [0.2, 0.25) is 0 Å². The van der Waals surface area contributed by atoms with Crippen LogP contribution < -0.4 is 5.32 Å². The zero-order valence-electron chi connectivity index (χ0n) is 8.71. The predicted molar refractivity (Wildman–Crippen MR) is 59.8 cm³/mol. The standard InChI is InChI=1S/C13H14N2/c14-8-10-3-4-12-11(7-10)13(9-15-12)5-1-2-6-13/h3-4,7,15H,1-2,5-6,9H2. The van der Waals surface area contributed by atoms with Gasteiger partial charge in [-0.25, -0.2) is 0 Å². The van der Waals surface area contributed by atoms with Crippen molar-refractivity contribution in [3.05, 3.63) is 29.3 Å². The fraction of sp³-hybridized carbons (Fsp3) is 0.462. The molecule has 1 spiro atoms. The molecule has 0 aromatic heterocycles. The molecule has 15 heavy (non-hydrogen) atoms. The summed E-state index contributed by atoms with van der Waals surface area (Å²) in [4.78, 5) is 0. The summed E-state index contributed by atoms with van der Waals surface area (Å²) in [7, 11) is 0. The first kappa shape index (κ1) is 8.79. The van der Waals surface area contributed by atoms with E-state index in [4.69, 9.17) is 5.26 Å². The molecule has 2 aliphatic rings. The molecule has 2 heteroatoms. The maximum absolute atomic E-state index is 8.93. The molecule has 1 aromatic rings. The molecule has 0 radical (unpaired) electrons. The largest absolute Gasteiger partial charge is 0.384 e. The van der Waals surface area contributed by atoms with Gasteiger partial charge in [0.15, 0.2) is 0 Å². The molecule has 0 unspecified atom stereocenters. The fourth-order valence-corrected chi connectivity index (χ4v) is 3.06. The normalized spacial score (nSPS) is 21.0. The van der Waals surface area contributed by atoms with Gasteiger partial charge in [-0.1, -0.05) is 12.8 Å². The van der Waals surface area contributed by atoms with E-state index in [9.17, 15) is 0 Å². The number of nitrogens with one attached hydrogen (secondary N) is 1. The SMILES string of the molecule is N#Cc1ccc2c(c1)C1(CCCC1)CN2. The summed E-state index contributed by atoms with van der Waals surface area (Å²) < 4.78 is 0. The summed E-state index contributed by atoms with van der Waals surface area (Å²) in [5.41, 5.74) is 3.78. The maximum Gasteiger partial charge on any atom is 0.0991 e. The third-order valence-electron chi connectivity index (χ3n) is 3.90. The highest BCUT2D eigenvalue weighted by Gasteiger charge is 2.40. The summed E-state index contributed by atoms with van der Waals surface area (Å²) >= 11 is 0. The molecule has 1 aromatic carbocycles. The highest BCUT2D eigenvalue weighted by molar-refractivity contribution is 5.63. The van der Waals surface area contributed by atoms with Crippen molar-refractivity contribution in [1.82, 2.24) is 0 Å². The van der Waals surface area contributed by atoms with Gasteiger partial charge < -0.3 is 5.32 Å². The molecule has 0 saturated heterocycles. The summed E-state index contributed by atoms with van der Waals surface area (Å²) in [5.74, 6) is 0. The topological polar surface area (TPSA) is 35.8 Å². The van der Waals surface area contributed by atoms with E-state index in [1.807, 2.05) is 6.07 Å². The zero-order valence-corrected chi connectivity index (χ0v) is 8.71. The summed E-state index contributed by atoms with van der Waals surface area (Å²) in [6, 6.07) is 8.28. The van der Waals surface area contributed by atoms with Gasteiger partial charge in [-0.2, -0.15) is 5.26 Å². The van der Waals surface area contributed by atoms with Crippen LogP contribution in [-0.4, -0.2) is 6.54 Å². The van der Waals surface area contributed by atoms with Gasteiger partial charge in [-0.3, -0.25) is 0 Å². The Balaban J connectivity index is 2.12. The van der Waals surface area contributed by atoms with Crippen LogP contribution >= 0.6 is 0 Å². The van der Waals surface area contributed by atoms with Crippen LogP contribution in [0.4, 0.5) is 5.69 Å². The molecule has 0 bridgehead atoms. The molecule has 0 amide bonds. The molecule has 0 atom stereocenters. The van der Waals surface area contributed by atoms with Crippen LogP contribution in [-0.2, 0) is 5.41 Å². The van der Waals surface area contributed by atoms with Crippen molar-refractivity contribution in [3.8, 4) is 6.07 Å². The van der Waals surface area contributed by atoms with Crippen molar-refractivity contribution in [1.29, 1.82) is 5.26 Å². The summed E-state index contributed by atoms with van der Waals surface area (Å²) in [5, 5.41) is 12.4. The van der Waals surface area contributed by atoms with Crippen molar-refractivity contribution < 1.29 is 0 Å². The molecule has 1 saturated carbocycles. The van der Waals surface area contributed by atoms with E-state index in [0.717, 1.165) is 12.1 Å². The van der Waals surface area contributed by atoms with Gasteiger partial charge in [-0.15, -0.1) is 0 Å².